The average Bonchev–Trinajstić information content (AvgIpc) is 3.40. The van der Waals surface area contributed by atoms with E-state index in [1.165, 1.54) is 25.3 Å². The monoisotopic (exact) mass is 521 g/mol. The van der Waals surface area contributed by atoms with Gasteiger partial charge in [0.15, 0.2) is 0 Å². The van der Waals surface area contributed by atoms with Crippen molar-refractivity contribution in [2.45, 2.75) is 27.7 Å². The normalized spacial score (nSPS) is 14.9. The van der Waals surface area contributed by atoms with Gasteiger partial charge in [-0.05, 0) is 12.1 Å². The number of nitriles is 1. The van der Waals surface area contributed by atoms with E-state index in [2.05, 4.69) is 22.8 Å². The zero-order valence-electron chi connectivity index (χ0n) is 16.6. The summed E-state index contributed by atoms with van der Waals surface area (Å²) in [6, 6.07) is 11.1. The van der Waals surface area contributed by atoms with E-state index in [9.17, 15) is 14.9 Å². The second kappa shape index (κ2) is 9.71. The summed E-state index contributed by atoms with van der Waals surface area (Å²) >= 11 is 1.08. The number of anilines is 1. The molecule has 2 aliphatic rings. The number of rotatable bonds is 5. The molecule has 8 heteroatoms. The van der Waals surface area contributed by atoms with Crippen molar-refractivity contribution in [3.63, 3.8) is 0 Å². The Balaban J connectivity index is 1.40. The van der Waals surface area contributed by atoms with Crippen LogP contribution in [0.2, 0.25) is 8.35 Å². The van der Waals surface area contributed by atoms with Gasteiger partial charge in [0.25, 0.3) is 5.91 Å². The Kier molecular flexibility index (Phi) is 6.80. The summed E-state index contributed by atoms with van der Waals surface area (Å²) in [5.74, 6) is -0.231. The summed E-state index contributed by atoms with van der Waals surface area (Å²) in [5.41, 5.74) is 3.55. The Hall–Kier alpha value is -2.24. The van der Waals surface area contributed by atoms with Crippen LogP contribution in [0.1, 0.15) is 32.8 Å². The SMILES string of the molecule is N#Cc1c(NC(=O)c2ccccc2)sc2c1CCN(C(=O)NCCC1=C[CH2][In][CH2]1)C2. The summed E-state index contributed by atoms with van der Waals surface area (Å²) in [6.45, 7) is 1.73. The van der Waals surface area contributed by atoms with Crippen LogP contribution in [0.3, 0.4) is 0 Å². The van der Waals surface area contributed by atoms with Crippen molar-refractivity contribution in [2.24, 2.45) is 0 Å². The predicted octanol–water partition coefficient (Wildman–Crippen LogP) is 3.81. The average molecular weight is 521 g/mol. The Morgan fingerprint density at radius 2 is 2.10 bits per heavy atom. The number of hydrogen-bond donors (Lipinski definition) is 2. The summed E-state index contributed by atoms with van der Waals surface area (Å²) in [5, 5.41) is 16.1. The molecule has 4 rings (SSSR count). The molecule has 0 fully saturated rings. The molecule has 6 nitrogen and oxygen atoms in total. The van der Waals surface area contributed by atoms with Gasteiger partial charge in [-0.25, -0.2) is 0 Å². The maximum absolute atomic E-state index is 12.6. The molecule has 3 amide bonds. The van der Waals surface area contributed by atoms with Crippen LogP contribution in [0.4, 0.5) is 9.80 Å². The molecule has 2 aromatic rings. The number of allylic oxidation sites excluding steroid dienone is 1. The Morgan fingerprint density at radius 3 is 2.83 bits per heavy atom. The van der Waals surface area contributed by atoms with Crippen molar-refractivity contribution in [3.05, 3.63) is 63.5 Å². The molecule has 0 saturated heterocycles. The first kappa shape index (κ1) is 21.0. The Morgan fingerprint density at radius 1 is 1.27 bits per heavy atom. The number of amides is 3. The number of nitrogens with zero attached hydrogens (tertiary/aromatic N) is 2. The molecule has 30 heavy (non-hydrogen) atoms. The number of thiophene rings is 1. The topological polar surface area (TPSA) is 85.2 Å². The van der Waals surface area contributed by atoms with E-state index in [-0.39, 0.29) is 34.8 Å². The van der Waals surface area contributed by atoms with Crippen LogP contribution < -0.4 is 10.6 Å². The van der Waals surface area contributed by atoms with Crippen molar-refractivity contribution >= 4 is 51.2 Å². The fourth-order valence-corrected chi connectivity index (χ4v) is 9.02. The fourth-order valence-electron chi connectivity index (χ4n) is 3.80. The number of carbonyl (C=O) groups is 2. The number of fused-ring (bicyclic) bond motifs is 1. The zero-order valence-corrected chi connectivity index (χ0v) is 20.7. The molecular weight excluding hydrogens is 499 g/mol. The molecule has 0 aliphatic carbocycles. The molecule has 3 heterocycles. The van der Waals surface area contributed by atoms with Gasteiger partial charge in [-0.3, -0.25) is 4.79 Å². The van der Waals surface area contributed by atoms with E-state index in [0.29, 0.717) is 42.2 Å². The number of carbonyl (C=O) groups excluding carboxylic acids is 2. The van der Waals surface area contributed by atoms with Gasteiger partial charge in [-0.2, -0.15) is 5.26 Å². The van der Waals surface area contributed by atoms with E-state index >= 15 is 0 Å². The van der Waals surface area contributed by atoms with E-state index in [1.54, 1.807) is 17.0 Å². The molecule has 0 saturated carbocycles. The van der Waals surface area contributed by atoms with Crippen LogP contribution >= 0.6 is 11.3 Å². The quantitative estimate of drug-likeness (QED) is 0.588. The van der Waals surface area contributed by atoms with Crippen LogP contribution in [-0.2, 0) is 13.0 Å². The molecule has 1 aromatic carbocycles. The number of hydrogen-bond acceptors (Lipinski definition) is 4. The van der Waals surface area contributed by atoms with Crippen molar-refractivity contribution in [1.29, 1.82) is 5.26 Å². The van der Waals surface area contributed by atoms with Crippen LogP contribution in [-0.4, -0.2) is 52.8 Å². The molecule has 0 atom stereocenters. The summed E-state index contributed by atoms with van der Waals surface area (Å²) in [6.07, 6.45) is 3.95. The first-order chi connectivity index (χ1) is 14.7. The zero-order chi connectivity index (χ0) is 20.9. The van der Waals surface area contributed by atoms with Crippen molar-refractivity contribution in [1.82, 2.24) is 10.2 Å². The van der Waals surface area contributed by atoms with Crippen LogP contribution in [0.5, 0.6) is 0 Å². The third-order valence-corrected chi connectivity index (χ3v) is 10.5. The molecule has 151 valence electrons. The first-order valence-corrected chi connectivity index (χ1v) is 15.6. The van der Waals surface area contributed by atoms with Gasteiger partial charge >= 0.3 is 140 Å². The van der Waals surface area contributed by atoms with Crippen molar-refractivity contribution in [3.8, 4) is 6.07 Å². The molecule has 0 bridgehead atoms. The second-order valence-electron chi connectivity index (χ2n) is 7.38. The van der Waals surface area contributed by atoms with Crippen molar-refractivity contribution < 1.29 is 9.59 Å². The Bertz CT molecular complexity index is 1030. The van der Waals surface area contributed by atoms with E-state index < -0.39 is 0 Å². The fraction of sp³-hybridized carbons (Fsp3) is 0.318. The molecular formula is C22H22InN4O2S. The summed E-state index contributed by atoms with van der Waals surface area (Å²) in [4.78, 5) is 27.9. The van der Waals surface area contributed by atoms with Crippen LogP contribution in [0.25, 0.3) is 0 Å². The van der Waals surface area contributed by atoms with Gasteiger partial charge in [0.1, 0.15) is 0 Å². The number of nitrogens with one attached hydrogen (secondary N) is 2. The maximum atomic E-state index is 12.6. The van der Waals surface area contributed by atoms with Gasteiger partial charge in [0, 0.05) is 5.56 Å². The summed E-state index contributed by atoms with van der Waals surface area (Å²) in [7, 11) is 0. The summed E-state index contributed by atoms with van der Waals surface area (Å²) < 4.78 is 2.68. The minimum atomic E-state index is -0.318. The third-order valence-electron chi connectivity index (χ3n) is 5.42. The molecule has 2 N–H and O–H groups in total. The van der Waals surface area contributed by atoms with Gasteiger partial charge in [-0.1, -0.05) is 18.2 Å². The van der Waals surface area contributed by atoms with Gasteiger partial charge in [0.2, 0.25) is 0 Å². The van der Waals surface area contributed by atoms with Crippen molar-refractivity contribution in [2.75, 3.05) is 18.4 Å². The minimum absolute atomic E-state index is 0.0530. The Labute approximate surface area is 191 Å². The number of benzene rings is 1. The molecule has 1 radical (unpaired) electrons. The van der Waals surface area contributed by atoms with E-state index in [4.69, 9.17) is 0 Å². The van der Waals surface area contributed by atoms with Crippen LogP contribution in [0, 0.1) is 11.3 Å². The van der Waals surface area contributed by atoms with E-state index in [0.717, 1.165) is 16.9 Å². The van der Waals surface area contributed by atoms with E-state index in [1.807, 2.05) is 18.2 Å². The molecule has 2 aliphatic heterocycles. The van der Waals surface area contributed by atoms with Gasteiger partial charge < -0.3 is 0 Å². The molecule has 0 unspecified atom stereocenters. The van der Waals surface area contributed by atoms with Crippen LogP contribution in [0.15, 0.2) is 42.0 Å². The van der Waals surface area contributed by atoms with Gasteiger partial charge in [0.05, 0.1) is 0 Å². The first-order valence-electron chi connectivity index (χ1n) is 10.1. The standard InChI is InChI=1S/C22H22N4O2S.In/c1-3-15(2)9-11-24-22(28)26-12-10-17-18(13-23)21(29-19(17)14-26)25-20(27)16-7-5-4-6-8-16;/h3-8H,1-2,9-12,14H2,(H,24,28)(H,25,27);. The van der Waals surface area contributed by atoms with Gasteiger partial charge in [-0.15, -0.1) is 0 Å². The molecule has 1 aromatic heterocycles. The second-order valence-corrected chi connectivity index (χ2v) is 12.6. The molecule has 0 spiro atoms. The number of urea groups is 1. The predicted molar refractivity (Wildman–Crippen MR) is 119 cm³/mol. The third kappa shape index (κ3) is 4.73.